The van der Waals surface area contributed by atoms with Gasteiger partial charge in [0.05, 0.1) is 0 Å². The van der Waals surface area contributed by atoms with Gasteiger partial charge in [-0.1, -0.05) is 24.3 Å². The van der Waals surface area contributed by atoms with Crippen molar-refractivity contribution in [3.8, 4) is 0 Å². The Kier molecular flexibility index (Phi) is 5.72. The van der Waals surface area contributed by atoms with E-state index in [0.29, 0.717) is 6.42 Å². The summed E-state index contributed by atoms with van der Waals surface area (Å²) in [6, 6.07) is 9.65. The van der Waals surface area contributed by atoms with Crippen LogP contribution < -0.4 is 0 Å². The molecule has 0 aliphatic carbocycles. The second kappa shape index (κ2) is 7.12. The quantitative estimate of drug-likeness (QED) is 0.446. The van der Waals surface area contributed by atoms with Gasteiger partial charge in [-0.25, -0.2) is 0 Å². The van der Waals surface area contributed by atoms with Crippen LogP contribution in [-0.2, 0) is 4.79 Å². The molecule has 0 spiro atoms. The van der Waals surface area contributed by atoms with Gasteiger partial charge in [0.15, 0.2) is 0 Å². The molecule has 2 nitrogen and oxygen atoms in total. The largest absolute Gasteiger partial charge is 0.480 e. The van der Waals surface area contributed by atoms with Gasteiger partial charge in [0.2, 0.25) is 0 Å². The number of benzene rings is 1. The first-order chi connectivity index (χ1) is 7.74. The molecule has 1 N–H and O–H groups in total. The van der Waals surface area contributed by atoms with E-state index in [2.05, 4.69) is 6.58 Å². The molecule has 0 radical (unpaired) electrons. The smallest absolute Gasteiger partial charge is 0.316 e. The van der Waals surface area contributed by atoms with Crippen molar-refractivity contribution in [2.75, 3.05) is 0 Å². The summed E-state index contributed by atoms with van der Waals surface area (Å²) in [5.74, 6) is -0.738. The fraction of sp³-hybridized carbons (Fsp3) is 0.308. The number of carbonyl (C=O) groups is 1. The Labute approximate surface area is 100 Å². The van der Waals surface area contributed by atoms with E-state index < -0.39 is 5.97 Å². The lowest BCUT2D eigenvalue weighted by Gasteiger charge is -2.11. The summed E-state index contributed by atoms with van der Waals surface area (Å²) >= 11 is 1.41. The molecule has 1 atom stereocenters. The standard InChI is InChI=1S/C13H16O2S/c1-2-3-5-10-12(13(14)15)16-11-8-6-4-7-9-11/h2,4,6-9,12H,1,3,5,10H2,(H,14,15). The zero-order valence-corrected chi connectivity index (χ0v) is 9.95. The van der Waals surface area contributed by atoms with E-state index in [-0.39, 0.29) is 5.25 Å². The van der Waals surface area contributed by atoms with Crippen molar-refractivity contribution < 1.29 is 9.90 Å². The number of allylic oxidation sites excluding steroid dienone is 1. The van der Waals surface area contributed by atoms with Crippen LogP contribution in [-0.4, -0.2) is 16.3 Å². The van der Waals surface area contributed by atoms with Gasteiger partial charge < -0.3 is 5.11 Å². The molecule has 0 heterocycles. The lowest BCUT2D eigenvalue weighted by molar-refractivity contribution is -0.136. The summed E-state index contributed by atoms with van der Waals surface area (Å²) in [6.07, 6.45) is 4.26. The zero-order valence-electron chi connectivity index (χ0n) is 9.13. The van der Waals surface area contributed by atoms with Crippen LogP contribution in [0.5, 0.6) is 0 Å². The van der Waals surface area contributed by atoms with E-state index in [0.717, 1.165) is 17.7 Å². The molecule has 1 aromatic carbocycles. The van der Waals surface area contributed by atoms with Crippen LogP contribution in [0.2, 0.25) is 0 Å². The molecule has 1 aromatic rings. The predicted molar refractivity (Wildman–Crippen MR) is 67.8 cm³/mol. The fourth-order valence-electron chi connectivity index (χ4n) is 1.34. The molecule has 1 rings (SSSR count). The van der Waals surface area contributed by atoms with Crippen LogP contribution in [0, 0.1) is 0 Å². The Hall–Kier alpha value is -1.22. The average Bonchev–Trinajstić information content (AvgIpc) is 2.29. The number of hydrogen-bond donors (Lipinski definition) is 1. The third-order valence-electron chi connectivity index (χ3n) is 2.17. The Morgan fingerprint density at radius 2 is 2.12 bits per heavy atom. The maximum absolute atomic E-state index is 11.1. The Morgan fingerprint density at radius 3 is 2.69 bits per heavy atom. The molecule has 0 aliphatic heterocycles. The van der Waals surface area contributed by atoms with E-state index in [1.807, 2.05) is 36.4 Å². The second-order valence-corrected chi connectivity index (χ2v) is 4.75. The summed E-state index contributed by atoms with van der Waals surface area (Å²) in [6.45, 7) is 3.63. The van der Waals surface area contributed by atoms with Crippen molar-refractivity contribution >= 4 is 17.7 Å². The molecule has 3 heteroatoms. The lowest BCUT2D eigenvalue weighted by atomic mass is 10.2. The van der Waals surface area contributed by atoms with Crippen LogP contribution >= 0.6 is 11.8 Å². The number of carboxylic acids is 1. The van der Waals surface area contributed by atoms with Crippen molar-refractivity contribution in [2.45, 2.75) is 29.4 Å². The van der Waals surface area contributed by atoms with E-state index in [1.54, 1.807) is 0 Å². The minimum absolute atomic E-state index is 0.359. The predicted octanol–water partition coefficient (Wildman–Crippen LogP) is 3.59. The number of aliphatic carboxylic acids is 1. The van der Waals surface area contributed by atoms with Crippen molar-refractivity contribution in [3.05, 3.63) is 43.0 Å². The van der Waals surface area contributed by atoms with Crippen molar-refractivity contribution in [2.24, 2.45) is 0 Å². The molecule has 0 saturated heterocycles. The lowest BCUT2D eigenvalue weighted by Crippen LogP contribution is -2.15. The number of hydrogen-bond acceptors (Lipinski definition) is 2. The molecule has 0 aliphatic rings. The van der Waals surface area contributed by atoms with E-state index in [1.165, 1.54) is 11.8 Å². The van der Waals surface area contributed by atoms with Gasteiger partial charge in [-0.05, 0) is 31.4 Å². The van der Waals surface area contributed by atoms with Crippen LogP contribution in [0.4, 0.5) is 0 Å². The topological polar surface area (TPSA) is 37.3 Å². The van der Waals surface area contributed by atoms with E-state index >= 15 is 0 Å². The molecule has 0 bridgehead atoms. The number of thioether (sulfide) groups is 1. The minimum atomic E-state index is -0.738. The van der Waals surface area contributed by atoms with Gasteiger partial charge in [0, 0.05) is 4.90 Å². The first-order valence-electron chi connectivity index (χ1n) is 5.29. The van der Waals surface area contributed by atoms with Gasteiger partial charge in [-0.2, -0.15) is 0 Å². The first kappa shape index (κ1) is 12.8. The van der Waals surface area contributed by atoms with Crippen molar-refractivity contribution in [1.29, 1.82) is 0 Å². The monoisotopic (exact) mass is 236 g/mol. The van der Waals surface area contributed by atoms with Gasteiger partial charge in [0.1, 0.15) is 5.25 Å². The molecule has 0 aromatic heterocycles. The highest BCUT2D eigenvalue weighted by atomic mass is 32.2. The maximum atomic E-state index is 11.1. The van der Waals surface area contributed by atoms with Gasteiger partial charge in [-0.15, -0.1) is 18.3 Å². The Bertz CT molecular complexity index is 335. The summed E-state index contributed by atoms with van der Waals surface area (Å²) < 4.78 is 0. The molecule has 0 amide bonds. The van der Waals surface area contributed by atoms with Crippen LogP contribution in [0.3, 0.4) is 0 Å². The highest BCUT2D eigenvalue weighted by Crippen LogP contribution is 2.26. The molecule has 0 fully saturated rings. The second-order valence-electron chi connectivity index (χ2n) is 3.48. The third kappa shape index (κ3) is 4.53. The zero-order chi connectivity index (χ0) is 11.8. The van der Waals surface area contributed by atoms with E-state index in [9.17, 15) is 4.79 Å². The summed E-state index contributed by atoms with van der Waals surface area (Å²) in [5, 5.41) is 8.73. The summed E-state index contributed by atoms with van der Waals surface area (Å²) in [7, 11) is 0. The first-order valence-corrected chi connectivity index (χ1v) is 6.17. The molecular formula is C13H16O2S. The molecule has 1 unspecified atom stereocenters. The van der Waals surface area contributed by atoms with Crippen LogP contribution in [0.25, 0.3) is 0 Å². The van der Waals surface area contributed by atoms with Crippen LogP contribution in [0.15, 0.2) is 47.9 Å². The SMILES string of the molecule is C=CCCCC(Sc1ccccc1)C(=O)O. The Balaban J connectivity index is 2.51. The molecular weight excluding hydrogens is 220 g/mol. The molecule has 86 valence electrons. The number of rotatable bonds is 7. The summed E-state index contributed by atoms with van der Waals surface area (Å²) in [4.78, 5) is 12.1. The highest BCUT2D eigenvalue weighted by Gasteiger charge is 2.17. The summed E-state index contributed by atoms with van der Waals surface area (Å²) in [5.41, 5.74) is 0. The van der Waals surface area contributed by atoms with E-state index in [4.69, 9.17) is 5.11 Å². The van der Waals surface area contributed by atoms with Crippen LogP contribution in [0.1, 0.15) is 19.3 Å². The van der Waals surface area contributed by atoms with Gasteiger partial charge in [0.25, 0.3) is 0 Å². The Morgan fingerprint density at radius 1 is 1.44 bits per heavy atom. The normalized spacial score (nSPS) is 12.0. The average molecular weight is 236 g/mol. The maximum Gasteiger partial charge on any atom is 0.316 e. The third-order valence-corrected chi connectivity index (χ3v) is 3.44. The molecule has 0 saturated carbocycles. The highest BCUT2D eigenvalue weighted by molar-refractivity contribution is 8.00. The minimum Gasteiger partial charge on any atom is -0.480 e. The molecule has 16 heavy (non-hydrogen) atoms. The fourth-order valence-corrected chi connectivity index (χ4v) is 2.37. The van der Waals surface area contributed by atoms with Crippen molar-refractivity contribution in [1.82, 2.24) is 0 Å². The van der Waals surface area contributed by atoms with Gasteiger partial charge in [-0.3, -0.25) is 4.79 Å². The van der Waals surface area contributed by atoms with Crippen molar-refractivity contribution in [3.63, 3.8) is 0 Å². The number of unbranched alkanes of at least 4 members (excludes halogenated alkanes) is 1. The number of carboxylic acid groups (broad SMARTS) is 1. The van der Waals surface area contributed by atoms with Gasteiger partial charge >= 0.3 is 5.97 Å².